The first-order valence-corrected chi connectivity index (χ1v) is 5.36. The number of benzene rings is 1. The Hall–Kier alpha value is -2.17. The first-order chi connectivity index (χ1) is 8.16. The van der Waals surface area contributed by atoms with Crippen molar-refractivity contribution in [2.45, 2.75) is 19.8 Å². The van der Waals surface area contributed by atoms with E-state index in [1.807, 2.05) is 31.2 Å². The summed E-state index contributed by atoms with van der Waals surface area (Å²) in [5, 5.41) is 16.5. The van der Waals surface area contributed by atoms with E-state index >= 15 is 0 Å². The van der Waals surface area contributed by atoms with Crippen LogP contribution in [0.15, 0.2) is 30.5 Å². The van der Waals surface area contributed by atoms with Gasteiger partial charge in [-0.15, -0.1) is 5.10 Å². The number of hydrogen-bond acceptors (Lipinski definition) is 3. The average Bonchev–Trinajstić information content (AvgIpc) is 2.75. The molecule has 2 rings (SSSR count). The quantitative estimate of drug-likeness (QED) is 0.867. The largest absolute Gasteiger partial charge is 0.481 e. The second-order valence-corrected chi connectivity index (χ2v) is 3.83. The molecular formula is C12H13N3O2. The maximum Gasteiger partial charge on any atom is 0.303 e. The van der Waals surface area contributed by atoms with Gasteiger partial charge >= 0.3 is 5.97 Å². The Bertz CT molecular complexity index is 534. The van der Waals surface area contributed by atoms with Crippen LogP contribution in [0.2, 0.25) is 0 Å². The summed E-state index contributed by atoms with van der Waals surface area (Å²) < 4.78 is 1.67. The zero-order chi connectivity index (χ0) is 12.3. The molecule has 0 aliphatic carbocycles. The summed E-state index contributed by atoms with van der Waals surface area (Å²) >= 11 is 0. The summed E-state index contributed by atoms with van der Waals surface area (Å²) in [6, 6.07) is 7.83. The van der Waals surface area contributed by atoms with Gasteiger partial charge in [-0.2, -0.15) is 0 Å². The van der Waals surface area contributed by atoms with Gasteiger partial charge in [-0.05, 0) is 18.6 Å². The summed E-state index contributed by atoms with van der Waals surface area (Å²) in [6.07, 6.45) is 2.25. The fourth-order valence-electron chi connectivity index (χ4n) is 1.59. The number of para-hydroxylation sites is 1. The minimum Gasteiger partial charge on any atom is -0.481 e. The van der Waals surface area contributed by atoms with Gasteiger partial charge in [-0.1, -0.05) is 23.4 Å². The lowest BCUT2D eigenvalue weighted by atomic mass is 10.2. The van der Waals surface area contributed by atoms with Crippen molar-refractivity contribution in [1.29, 1.82) is 0 Å². The predicted molar refractivity (Wildman–Crippen MR) is 62.1 cm³/mol. The fraction of sp³-hybridized carbons (Fsp3) is 0.250. The Labute approximate surface area is 98.7 Å². The SMILES string of the molecule is Cc1ccccc1-n1cc(CCC(=O)O)nn1. The third kappa shape index (κ3) is 2.69. The molecular weight excluding hydrogens is 218 g/mol. The van der Waals surface area contributed by atoms with Crippen molar-refractivity contribution < 1.29 is 9.90 Å². The molecule has 5 nitrogen and oxygen atoms in total. The zero-order valence-corrected chi connectivity index (χ0v) is 9.50. The summed E-state index contributed by atoms with van der Waals surface area (Å²) in [5.74, 6) is -0.824. The highest BCUT2D eigenvalue weighted by Crippen LogP contribution is 2.12. The molecule has 0 amide bonds. The van der Waals surface area contributed by atoms with Gasteiger partial charge in [0, 0.05) is 6.42 Å². The highest BCUT2D eigenvalue weighted by molar-refractivity contribution is 5.66. The smallest absolute Gasteiger partial charge is 0.303 e. The van der Waals surface area contributed by atoms with E-state index in [1.165, 1.54) is 0 Å². The minimum absolute atomic E-state index is 0.0759. The molecule has 5 heteroatoms. The number of carboxylic acid groups (broad SMARTS) is 1. The van der Waals surface area contributed by atoms with Crippen LogP contribution in [-0.4, -0.2) is 26.1 Å². The number of carboxylic acids is 1. The van der Waals surface area contributed by atoms with Crippen LogP contribution < -0.4 is 0 Å². The molecule has 0 atom stereocenters. The summed E-state index contributed by atoms with van der Waals surface area (Å²) in [6.45, 7) is 1.99. The van der Waals surface area contributed by atoms with Crippen molar-refractivity contribution in [3.63, 3.8) is 0 Å². The number of rotatable bonds is 4. The topological polar surface area (TPSA) is 68.0 Å². The van der Waals surface area contributed by atoms with Crippen LogP contribution in [0.25, 0.3) is 5.69 Å². The average molecular weight is 231 g/mol. The van der Waals surface area contributed by atoms with Gasteiger partial charge in [0.2, 0.25) is 0 Å². The molecule has 0 fully saturated rings. The monoisotopic (exact) mass is 231 g/mol. The Balaban J connectivity index is 2.18. The van der Waals surface area contributed by atoms with Gasteiger partial charge in [-0.3, -0.25) is 4.79 Å². The van der Waals surface area contributed by atoms with Gasteiger partial charge in [0.05, 0.1) is 24.0 Å². The standard InChI is InChI=1S/C12H13N3O2/c1-9-4-2-3-5-11(9)15-8-10(13-14-15)6-7-12(16)17/h2-5,8H,6-7H2,1H3,(H,16,17). The van der Waals surface area contributed by atoms with Crippen molar-refractivity contribution in [3.8, 4) is 5.69 Å². The van der Waals surface area contributed by atoms with Crippen LogP contribution in [0.1, 0.15) is 17.7 Å². The second-order valence-electron chi connectivity index (χ2n) is 3.83. The van der Waals surface area contributed by atoms with Crippen LogP contribution in [0.3, 0.4) is 0 Å². The number of carbonyl (C=O) groups is 1. The summed E-state index contributed by atoms with van der Waals surface area (Å²) in [7, 11) is 0. The molecule has 1 N–H and O–H groups in total. The van der Waals surface area contributed by atoms with Gasteiger partial charge in [0.1, 0.15) is 0 Å². The third-order valence-electron chi connectivity index (χ3n) is 2.50. The lowest BCUT2D eigenvalue weighted by Gasteiger charge is -2.02. The predicted octanol–water partition coefficient (Wildman–Crippen LogP) is 1.59. The van der Waals surface area contributed by atoms with E-state index in [1.54, 1.807) is 10.9 Å². The Morgan fingerprint density at radius 2 is 2.18 bits per heavy atom. The Kier molecular flexibility index (Phi) is 3.18. The van der Waals surface area contributed by atoms with Crippen molar-refractivity contribution in [2.75, 3.05) is 0 Å². The molecule has 0 aliphatic heterocycles. The minimum atomic E-state index is -0.824. The molecule has 1 aromatic carbocycles. The van der Waals surface area contributed by atoms with Crippen LogP contribution in [0.4, 0.5) is 0 Å². The van der Waals surface area contributed by atoms with Gasteiger partial charge in [-0.25, -0.2) is 4.68 Å². The molecule has 0 saturated heterocycles. The third-order valence-corrected chi connectivity index (χ3v) is 2.50. The number of aliphatic carboxylic acids is 1. The number of aryl methyl sites for hydroxylation is 2. The molecule has 0 unspecified atom stereocenters. The lowest BCUT2D eigenvalue weighted by Crippen LogP contribution is -1.98. The maximum absolute atomic E-state index is 10.4. The van der Waals surface area contributed by atoms with Crippen LogP contribution >= 0.6 is 0 Å². The normalized spacial score (nSPS) is 10.4. The number of nitrogens with zero attached hydrogens (tertiary/aromatic N) is 3. The van der Waals surface area contributed by atoms with Crippen molar-refractivity contribution in [2.24, 2.45) is 0 Å². The lowest BCUT2D eigenvalue weighted by molar-refractivity contribution is -0.136. The van der Waals surface area contributed by atoms with Gasteiger partial charge in [0.25, 0.3) is 0 Å². The molecule has 0 spiro atoms. The van der Waals surface area contributed by atoms with Gasteiger partial charge in [0.15, 0.2) is 0 Å². The van der Waals surface area contributed by atoms with E-state index in [0.29, 0.717) is 12.1 Å². The van der Waals surface area contributed by atoms with Gasteiger partial charge < -0.3 is 5.11 Å². The van der Waals surface area contributed by atoms with E-state index in [9.17, 15) is 4.79 Å². The first kappa shape index (κ1) is 11.3. The van der Waals surface area contributed by atoms with Crippen molar-refractivity contribution >= 4 is 5.97 Å². The van der Waals surface area contributed by atoms with E-state index < -0.39 is 5.97 Å². The zero-order valence-electron chi connectivity index (χ0n) is 9.50. The molecule has 1 aromatic heterocycles. The molecule has 17 heavy (non-hydrogen) atoms. The van der Waals surface area contributed by atoms with Crippen LogP contribution in [0, 0.1) is 6.92 Å². The number of hydrogen-bond donors (Lipinski definition) is 1. The van der Waals surface area contributed by atoms with Crippen LogP contribution in [-0.2, 0) is 11.2 Å². The molecule has 2 aromatic rings. The molecule has 0 aliphatic rings. The highest BCUT2D eigenvalue weighted by atomic mass is 16.4. The van der Waals surface area contributed by atoms with E-state index in [0.717, 1.165) is 11.3 Å². The van der Waals surface area contributed by atoms with E-state index in [4.69, 9.17) is 5.11 Å². The van der Waals surface area contributed by atoms with Crippen LogP contribution in [0.5, 0.6) is 0 Å². The first-order valence-electron chi connectivity index (χ1n) is 5.36. The molecule has 0 bridgehead atoms. The molecule has 1 heterocycles. The van der Waals surface area contributed by atoms with Crippen molar-refractivity contribution in [1.82, 2.24) is 15.0 Å². The fourth-order valence-corrected chi connectivity index (χ4v) is 1.59. The molecule has 0 radical (unpaired) electrons. The second kappa shape index (κ2) is 4.78. The van der Waals surface area contributed by atoms with E-state index in [2.05, 4.69) is 10.3 Å². The molecule has 88 valence electrons. The Morgan fingerprint density at radius 3 is 2.88 bits per heavy atom. The summed E-state index contributed by atoms with van der Waals surface area (Å²) in [5.41, 5.74) is 2.75. The summed E-state index contributed by atoms with van der Waals surface area (Å²) in [4.78, 5) is 10.4. The highest BCUT2D eigenvalue weighted by Gasteiger charge is 2.06. The number of aromatic nitrogens is 3. The Morgan fingerprint density at radius 1 is 1.41 bits per heavy atom. The van der Waals surface area contributed by atoms with Crippen molar-refractivity contribution in [3.05, 3.63) is 41.7 Å². The molecule has 0 saturated carbocycles. The van der Waals surface area contributed by atoms with E-state index in [-0.39, 0.29) is 6.42 Å². The maximum atomic E-state index is 10.4.